The molecule has 0 fully saturated rings. The van der Waals surface area contributed by atoms with Gasteiger partial charge in [0.25, 0.3) is 0 Å². The molecule has 3 rings (SSSR count). The van der Waals surface area contributed by atoms with E-state index in [1.807, 2.05) is 4.90 Å². The van der Waals surface area contributed by atoms with Gasteiger partial charge in [-0.25, -0.2) is 4.98 Å². The van der Waals surface area contributed by atoms with Crippen LogP contribution in [0.5, 0.6) is 11.5 Å². The van der Waals surface area contributed by atoms with Gasteiger partial charge in [0.15, 0.2) is 17.9 Å². The van der Waals surface area contributed by atoms with Gasteiger partial charge in [-0.1, -0.05) is 44.9 Å². The van der Waals surface area contributed by atoms with Gasteiger partial charge in [-0.05, 0) is 37.1 Å². The SMILES string of the molecule is CCCCN(CCCC)c1cc(-c2cnco2)cc(C(F)(F)F)c1Oc1ccccc1. The van der Waals surface area contributed by atoms with Crippen molar-refractivity contribution in [1.82, 2.24) is 4.98 Å². The lowest BCUT2D eigenvalue weighted by molar-refractivity contribution is -0.138. The number of aromatic nitrogens is 1. The molecule has 1 heterocycles. The molecule has 0 spiro atoms. The quantitative estimate of drug-likeness (QED) is 0.331. The third-order valence-electron chi connectivity index (χ3n) is 4.96. The molecular weight excluding hydrogens is 405 g/mol. The Morgan fingerprint density at radius 1 is 1.00 bits per heavy atom. The van der Waals surface area contributed by atoms with Crippen LogP contribution >= 0.6 is 0 Å². The Hall–Kier alpha value is -2.96. The highest BCUT2D eigenvalue weighted by molar-refractivity contribution is 5.73. The lowest BCUT2D eigenvalue weighted by Crippen LogP contribution is -2.27. The van der Waals surface area contributed by atoms with Crippen molar-refractivity contribution in [2.75, 3.05) is 18.0 Å². The van der Waals surface area contributed by atoms with Crippen molar-refractivity contribution in [2.45, 2.75) is 45.7 Å². The minimum Gasteiger partial charge on any atom is -0.455 e. The molecule has 0 amide bonds. The van der Waals surface area contributed by atoms with E-state index in [9.17, 15) is 13.2 Å². The fraction of sp³-hybridized carbons (Fsp3) is 0.375. The molecule has 3 aromatic rings. The first kappa shape index (κ1) is 22.7. The molecule has 0 N–H and O–H groups in total. The van der Waals surface area contributed by atoms with Gasteiger partial charge in [-0.15, -0.1) is 0 Å². The number of anilines is 1. The second kappa shape index (κ2) is 10.4. The van der Waals surface area contributed by atoms with Gasteiger partial charge in [-0.2, -0.15) is 13.2 Å². The summed E-state index contributed by atoms with van der Waals surface area (Å²) in [6.45, 7) is 5.40. The van der Waals surface area contributed by atoms with Gasteiger partial charge in [0.2, 0.25) is 0 Å². The topological polar surface area (TPSA) is 38.5 Å². The number of hydrogen-bond acceptors (Lipinski definition) is 4. The van der Waals surface area contributed by atoms with Crippen LogP contribution in [0.2, 0.25) is 0 Å². The molecular formula is C24H27F3N2O2. The van der Waals surface area contributed by atoms with Gasteiger partial charge in [0.1, 0.15) is 11.3 Å². The zero-order valence-electron chi connectivity index (χ0n) is 17.8. The maximum atomic E-state index is 14.2. The average molecular weight is 432 g/mol. The number of ether oxygens (including phenoxy) is 1. The van der Waals surface area contributed by atoms with Gasteiger partial charge in [0, 0.05) is 18.7 Å². The Labute approximate surface area is 180 Å². The fourth-order valence-electron chi connectivity index (χ4n) is 3.32. The minimum absolute atomic E-state index is 0.186. The van der Waals surface area contributed by atoms with E-state index in [1.54, 1.807) is 36.4 Å². The molecule has 0 aliphatic heterocycles. The standard InChI is InChI=1S/C24H27F3N2O2/c1-3-5-12-29(13-6-4-2)21-15-18(22-16-28-17-30-22)14-20(24(25,26)27)23(21)31-19-10-8-7-9-11-19/h7-11,14-17H,3-6,12-13H2,1-2H3. The van der Waals surface area contributed by atoms with Gasteiger partial charge >= 0.3 is 6.18 Å². The van der Waals surface area contributed by atoms with E-state index in [0.717, 1.165) is 31.7 Å². The number of halogens is 3. The highest BCUT2D eigenvalue weighted by Crippen LogP contribution is 2.46. The van der Waals surface area contributed by atoms with Crippen LogP contribution in [-0.4, -0.2) is 18.1 Å². The van der Waals surface area contributed by atoms with E-state index in [-0.39, 0.29) is 11.5 Å². The number of para-hydroxylation sites is 1. The summed E-state index contributed by atoms with van der Waals surface area (Å²) in [6, 6.07) is 11.3. The van der Waals surface area contributed by atoms with Crippen molar-refractivity contribution in [1.29, 1.82) is 0 Å². The molecule has 0 unspecified atom stereocenters. The smallest absolute Gasteiger partial charge is 0.420 e. The number of benzene rings is 2. The zero-order chi connectivity index (χ0) is 22.3. The van der Waals surface area contributed by atoms with E-state index in [0.29, 0.717) is 30.1 Å². The first-order chi connectivity index (χ1) is 14.9. The normalized spacial score (nSPS) is 11.5. The summed E-state index contributed by atoms with van der Waals surface area (Å²) in [7, 11) is 0. The van der Waals surface area contributed by atoms with Crippen LogP contribution in [0.25, 0.3) is 11.3 Å². The van der Waals surface area contributed by atoms with Crippen molar-refractivity contribution in [3.8, 4) is 22.8 Å². The van der Waals surface area contributed by atoms with Crippen LogP contribution < -0.4 is 9.64 Å². The van der Waals surface area contributed by atoms with E-state index < -0.39 is 11.7 Å². The third kappa shape index (κ3) is 5.81. The van der Waals surface area contributed by atoms with Crippen LogP contribution in [0, 0.1) is 0 Å². The Balaban J connectivity index is 2.20. The van der Waals surface area contributed by atoms with Crippen molar-refractivity contribution < 1.29 is 22.3 Å². The maximum Gasteiger partial charge on any atom is 0.420 e. The molecule has 0 radical (unpaired) electrons. The first-order valence-corrected chi connectivity index (χ1v) is 10.6. The third-order valence-corrected chi connectivity index (χ3v) is 4.96. The molecule has 4 nitrogen and oxygen atoms in total. The lowest BCUT2D eigenvalue weighted by atomic mass is 10.0. The molecule has 7 heteroatoms. The highest BCUT2D eigenvalue weighted by Gasteiger charge is 2.37. The number of rotatable bonds is 10. The number of oxazole rings is 1. The van der Waals surface area contributed by atoms with E-state index in [2.05, 4.69) is 18.8 Å². The largest absolute Gasteiger partial charge is 0.455 e. The van der Waals surface area contributed by atoms with Gasteiger partial charge in [0.05, 0.1) is 11.9 Å². The Bertz CT molecular complexity index is 933. The van der Waals surface area contributed by atoms with Crippen molar-refractivity contribution in [2.24, 2.45) is 0 Å². The monoisotopic (exact) mass is 432 g/mol. The van der Waals surface area contributed by atoms with Crippen LogP contribution in [-0.2, 0) is 6.18 Å². The summed E-state index contributed by atoms with van der Waals surface area (Å²) >= 11 is 0. The van der Waals surface area contributed by atoms with Crippen molar-refractivity contribution in [3.05, 3.63) is 60.6 Å². The number of hydrogen-bond donors (Lipinski definition) is 0. The molecule has 0 bridgehead atoms. The minimum atomic E-state index is -4.60. The predicted molar refractivity (Wildman–Crippen MR) is 115 cm³/mol. The van der Waals surface area contributed by atoms with Gasteiger partial charge in [-0.3, -0.25) is 0 Å². The Morgan fingerprint density at radius 3 is 2.23 bits per heavy atom. The van der Waals surface area contributed by atoms with Crippen molar-refractivity contribution >= 4 is 5.69 Å². The van der Waals surface area contributed by atoms with E-state index >= 15 is 0 Å². The summed E-state index contributed by atoms with van der Waals surface area (Å²) in [4.78, 5) is 5.85. The average Bonchev–Trinajstić information content (AvgIpc) is 3.29. The van der Waals surface area contributed by atoms with Crippen LogP contribution in [0.3, 0.4) is 0 Å². The molecule has 0 atom stereocenters. The maximum absolute atomic E-state index is 14.2. The second-order valence-electron chi connectivity index (χ2n) is 7.34. The Kier molecular flexibility index (Phi) is 7.60. The molecule has 2 aromatic carbocycles. The lowest BCUT2D eigenvalue weighted by Gasteiger charge is -2.29. The van der Waals surface area contributed by atoms with Crippen LogP contribution in [0.15, 0.2) is 59.5 Å². The number of nitrogens with zero attached hydrogens (tertiary/aromatic N) is 2. The second-order valence-corrected chi connectivity index (χ2v) is 7.34. The molecule has 0 aliphatic carbocycles. The van der Waals surface area contributed by atoms with E-state index in [4.69, 9.17) is 9.15 Å². The Morgan fingerprint density at radius 2 is 1.68 bits per heavy atom. The number of alkyl halides is 3. The number of unbranched alkanes of at least 4 members (excludes halogenated alkanes) is 2. The zero-order valence-corrected chi connectivity index (χ0v) is 17.8. The molecule has 0 aliphatic rings. The summed E-state index contributed by atoms with van der Waals surface area (Å²) in [5, 5.41) is 0. The summed E-state index contributed by atoms with van der Waals surface area (Å²) < 4.78 is 53.7. The molecule has 166 valence electrons. The highest BCUT2D eigenvalue weighted by atomic mass is 19.4. The molecule has 1 aromatic heterocycles. The van der Waals surface area contributed by atoms with Gasteiger partial charge < -0.3 is 14.1 Å². The molecule has 0 saturated carbocycles. The van der Waals surface area contributed by atoms with Crippen molar-refractivity contribution in [3.63, 3.8) is 0 Å². The fourth-order valence-corrected chi connectivity index (χ4v) is 3.32. The molecule has 0 saturated heterocycles. The summed E-state index contributed by atoms with van der Waals surface area (Å²) in [5.74, 6) is 0.450. The van der Waals surface area contributed by atoms with Crippen LogP contribution in [0.4, 0.5) is 18.9 Å². The summed E-state index contributed by atoms with van der Waals surface area (Å²) in [5.41, 5.74) is -0.108. The van der Waals surface area contributed by atoms with E-state index in [1.165, 1.54) is 12.6 Å². The first-order valence-electron chi connectivity index (χ1n) is 10.6. The summed E-state index contributed by atoms with van der Waals surface area (Å²) in [6.07, 6.45) is 1.62. The predicted octanol–water partition coefficient (Wildman–Crippen LogP) is 7.56. The molecule has 31 heavy (non-hydrogen) atoms. The van der Waals surface area contributed by atoms with Crippen LogP contribution in [0.1, 0.15) is 45.1 Å².